The van der Waals surface area contributed by atoms with Crippen LogP contribution in [0.4, 0.5) is 10.5 Å². The molecule has 2 rings (SSSR count). The van der Waals surface area contributed by atoms with Crippen LogP contribution >= 0.6 is 23.2 Å². The molecule has 0 aliphatic rings. The van der Waals surface area contributed by atoms with Crippen LogP contribution in [0.5, 0.6) is 0 Å². The molecule has 0 heterocycles. The van der Waals surface area contributed by atoms with Crippen molar-refractivity contribution < 1.29 is 23.1 Å². The van der Waals surface area contributed by atoms with E-state index in [2.05, 4.69) is 10.6 Å². The number of anilines is 1. The van der Waals surface area contributed by atoms with Gasteiger partial charge in [-0.3, -0.25) is 13.7 Å². The maximum absolute atomic E-state index is 12.4. The Kier molecular flexibility index (Phi) is 12.0. The summed E-state index contributed by atoms with van der Waals surface area (Å²) >= 11 is 10.0. The van der Waals surface area contributed by atoms with Crippen LogP contribution in [0.25, 0.3) is 0 Å². The van der Waals surface area contributed by atoms with E-state index >= 15 is 0 Å². The van der Waals surface area contributed by atoms with E-state index in [-0.39, 0.29) is 12.5 Å². The second-order valence-corrected chi connectivity index (χ2v) is 10.8. The summed E-state index contributed by atoms with van der Waals surface area (Å²) in [6, 6.07) is 11.8. The van der Waals surface area contributed by atoms with Crippen LogP contribution in [0.1, 0.15) is 56.0 Å². The highest BCUT2D eigenvalue weighted by atomic mass is 35.5. The fraction of sp³-hybridized carbons (Fsp3) is 0.440. The molecular formula is C25H33Cl2N3O5S. The summed E-state index contributed by atoms with van der Waals surface area (Å²) in [5.74, 6) is -0.226. The normalized spacial score (nSPS) is 12.1. The lowest BCUT2D eigenvalue weighted by atomic mass is 10.1. The first-order valence-electron chi connectivity index (χ1n) is 11.6. The molecule has 2 aromatic rings. The Morgan fingerprint density at radius 1 is 1.00 bits per heavy atom. The Morgan fingerprint density at radius 3 is 2.25 bits per heavy atom. The molecule has 0 saturated carbocycles. The third-order valence-electron chi connectivity index (χ3n) is 5.03. The number of hydrogen-bond acceptors (Lipinski definition) is 4. The molecule has 1 unspecified atom stereocenters. The van der Waals surface area contributed by atoms with Gasteiger partial charge in [0.1, 0.15) is 5.60 Å². The van der Waals surface area contributed by atoms with Crippen molar-refractivity contribution in [3.63, 3.8) is 0 Å². The van der Waals surface area contributed by atoms with Gasteiger partial charge in [0.15, 0.2) is 0 Å². The van der Waals surface area contributed by atoms with Crippen LogP contribution in [0.15, 0.2) is 42.5 Å². The van der Waals surface area contributed by atoms with E-state index < -0.39 is 23.0 Å². The molecule has 36 heavy (non-hydrogen) atoms. The fourth-order valence-corrected chi connectivity index (χ4v) is 4.24. The summed E-state index contributed by atoms with van der Waals surface area (Å²) in [6.45, 7) is 6.68. The predicted octanol–water partition coefficient (Wildman–Crippen LogP) is 5.60. The number of halogens is 2. The van der Waals surface area contributed by atoms with Gasteiger partial charge in [-0.1, -0.05) is 35.3 Å². The number of carbonyl (C=O) groups is 2. The number of carbonyl (C=O) groups excluding carboxylic acids is 2. The number of rotatable bonds is 12. The highest BCUT2D eigenvalue weighted by Gasteiger charge is 2.16. The first kappa shape index (κ1) is 29.9. The Bertz CT molecular complexity index is 1040. The lowest BCUT2D eigenvalue weighted by Crippen LogP contribution is -2.33. The van der Waals surface area contributed by atoms with Gasteiger partial charge in [-0.15, -0.1) is 0 Å². The van der Waals surface area contributed by atoms with Gasteiger partial charge in [-0.25, -0.2) is 9.00 Å². The summed E-state index contributed by atoms with van der Waals surface area (Å²) in [7, 11) is 0. The number of alkyl carbamates (subject to hydrolysis) is 1. The maximum atomic E-state index is 12.4. The SMILES string of the molecule is CC(C)(C)OC(=O)NCCCCCNC(=O)c1ccc(N(CCc2cccc(Cl)c2Cl)S(=O)O)cc1. The van der Waals surface area contributed by atoms with Gasteiger partial charge in [-0.05, 0) is 82.3 Å². The number of amides is 2. The molecule has 2 aromatic carbocycles. The van der Waals surface area contributed by atoms with Crippen LogP contribution in [0, 0.1) is 0 Å². The van der Waals surface area contributed by atoms with Gasteiger partial charge in [-0.2, -0.15) is 0 Å². The van der Waals surface area contributed by atoms with Crippen molar-refractivity contribution in [2.45, 2.75) is 52.1 Å². The minimum atomic E-state index is -2.25. The zero-order valence-electron chi connectivity index (χ0n) is 20.7. The molecule has 0 aromatic heterocycles. The Hall–Kier alpha value is -2.33. The van der Waals surface area contributed by atoms with E-state index in [1.54, 1.807) is 36.4 Å². The standard InChI is InChI=1S/C25H33Cl2N3O5S/c1-25(2,3)35-24(32)29-16-6-4-5-15-28-23(31)19-10-12-20(13-11-19)30(36(33)34)17-14-18-8-7-9-21(26)22(18)27/h7-13H,4-6,14-17H2,1-3H3,(H,28,31)(H,29,32)(H,33,34). The number of nitrogens with one attached hydrogen (secondary N) is 2. The number of hydrogen-bond donors (Lipinski definition) is 3. The van der Waals surface area contributed by atoms with Crippen LogP contribution in [-0.2, 0) is 22.4 Å². The predicted molar refractivity (Wildman–Crippen MR) is 145 cm³/mol. The highest BCUT2D eigenvalue weighted by Crippen LogP contribution is 2.26. The fourth-order valence-electron chi connectivity index (χ4n) is 3.28. The third-order valence-corrected chi connectivity index (χ3v) is 6.66. The number of nitrogens with zero attached hydrogens (tertiary/aromatic N) is 1. The minimum absolute atomic E-state index is 0.226. The molecular weight excluding hydrogens is 525 g/mol. The van der Waals surface area contributed by atoms with Crippen molar-refractivity contribution in [2.75, 3.05) is 23.9 Å². The molecule has 198 valence electrons. The van der Waals surface area contributed by atoms with Crippen molar-refractivity contribution in [1.82, 2.24) is 10.6 Å². The molecule has 0 radical (unpaired) electrons. The van der Waals surface area contributed by atoms with Crippen molar-refractivity contribution in [3.8, 4) is 0 Å². The van der Waals surface area contributed by atoms with E-state index in [0.717, 1.165) is 24.8 Å². The third kappa shape index (κ3) is 10.3. The maximum Gasteiger partial charge on any atom is 0.407 e. The molecule has 2 amide bonds. The van der Waals surface area contributed by atoms with Crippen molar-refractivity contribution >= 4 is 52.2 Å². The van der Waals surface area contributed by atoms with Crippen LogP contribution in [0.3, 0.4) is 0 Å². The van der Waals surface area contributed by atoms with Crippen molar-refractivity contribution in [3.05, 3.63) is 63.6 Å². The van der Waals surface area contributed by atoms with Gasteiger partial charge < -0.3 is 15.4 Å². The average Bonchev–Trinajstić information content (AvgIpc) is 2.80. The number of unbranched alkanes of at least 4 members (excludes halogenated alkanes) is 2. The molecule has 1 atom stereocenters. The second kappa shape index (κ2) is 14.4. The Balaban J connectivity index is 1.76. The topological polar surface area (TPSA) is 108 Å². The summed E-state index contributed by atoms with van der Waals surface area (Å²) in [5, 5.41) is 6.42. The smallest absolute Gasteiger partial charge is 0.407 e. The van der Waals surface area contributed by atoms with Crippen LogP contribution in [-0.4, -0.2) is 46.0 Å². The molecule has 0 aliphatic carbocycles. The van der Waals surface area contributed by atoms with Gasteiger partial charge in [0, 0.05) is 25.2 Å². The number of ether oxygens (including phenoxy) is 1. The lowest BCUT2D eigenvalue weighted by Gasteiger charge is -2.20. The highest BCUT2D eigenvalue weighted by molar-refractivity contribution is 7.80. The lowest BCUT2D eigenvalue weighted by molar-refractivity contribution is 0.0527. The largest absolute Gasteiger partial charge is 0.444 e. The first-order valence-corrected chi connectivity index (χ1v) is 13.5. The van der Waals surface area contributed by atoms with E-state index in [4.69, 9.17) is 27.9 Å². The number of benzene rings is 2. The summed E-state index contributed by atoms with van der Waals surface area (Å²) < 4.78 is 28.2. The van der Waals surface area contributed by atoms with E-state index in [1.165, 1.54) is 4.31 Å². The van der Waals surface area contributed by atoms with Crippen LogP contribution in [0.2, 0.25) is 10.0 Å². The molecule has 0 spiro atoms. The molecule has 0 saturated heterocycles. The average molecular weight is 559 g/mol. The second-order valence-electron chi connectivity index (χ2n) is 9.09. The summed E-state index contributed by atoms with van der Waals surface area (Å²) in [5.41, 5.74) is 1.21. The first-order chi connectivity index (χ1) is 17.0. The summed E-state index contributed by atoms with van der Waals surface area (Å²) in [4.78, 5) is 24.0. The zero-order chi connectivity index (χ0) is 26.7. The monoisotopic (exact) mass is 557 g/mol. The molecule has 3 N–H and O–H groups in total. The van der Waals surface area contributed by atoms with E-state index in [1.807, 2.05) is 26.8 Å². The molecule has 11 heteroatoms. The van der Waals surface area contributed by atoms with E-state index in [0.29, 0.717) is 40.8 Å². The molecule has 0 aliphatic heterocycles. The quantitative estimate of drug-likeness (QED) is 0.232. The molecule has 8 nitrogen and oxygen atoms in total. The van der Waals surface area contributed by atoms with Gasteiger partial charge in [0.2, 0.25) is 0 Å². The summed E-state index contributed by atoms with van der Waals surface area (Å²) in [6.07, 6.45) is 2.36. The Morgan fingerprint density at radius 2 is 1.64 bits per heavy atom. The van der Waals surface area contributed by atoms with Gasteiger partial charge >= 0.3 is 6.09 Å². The van der Waals surface area contributed by atoms with Gasteiger partial charge in [0.25, 0.3) is 17.2 Å². The van der Waals surface area contributed by atoms with Gasteiger partial charge in [0.05, 0.1) is 15.7 Å². The minimum Gasteiger partial charge on any atom is -0.444 e. The van der Waals surface area contributed by atoms with E-state index in [9.17, 15) is 18.4 Å². The zero-order valence-corrected chi connectivity index (χ0v) is 23.0. The van der Waals surface area contributed by atoms with Crippen molar-refractivity contribution in [1.29, 1.82) is 0 Å². The Labute approximate surface area is 225 Å². The molecule has 0 bridgehead atoms. The van der Waals surface area contributed by atoms with Crippen molar-refractivity contribution in [2.24, 2.45) is 0 Å². The van der Waals surface area contributed by atoms with Crippen LogP contribution < -0.4 is 14.9 Å². The molecule has 0 fully saturated rings.